The van der Waals surface area contributed by atoms with E-state index < -0.39 is 0 Å². The Balaban J connectivity index is 1.97. The van der Waals surface area contributed by atoms with E-state index in [0.29, 0.717) is 5.58 Å². The first kappa shape index (κ1) is 12.9. The highest BCUT2D eigenvalue weighted by atomic mass is 16.5. The molecule has 3 heteroatoms. The molecule has 0 radical (unpaired) electrons. The Kier molecular flexibility index (Phi) is 2.69. The van der Waals surface area contributed by atoms with Crippen molar-refractivity contribution in [3.05, 3.63) is 39.2 Å². The van der Waals surface area contributed by atoms with Crippen molar-refractivity contribution in [2.45, 2.75) is 58.0 Å². The SMILES string of the molecule is CC1(C)CCc2cc3c4c(c(=O)oc3cc2O1)CCCC4. The summed E-state index contributed by atoms with van der Waals surface area (Å²) in [7, 11) is 0. The van der Waals surface area contributed by atoms with Crippen molar-refractivity contribution in [2.75, 3.05) is 0 Å². The molecule has 1 aromatic heterocycles. The van der Waals surface area contributed by atoms with Gasteiger partial charge in [-0.3, -0.25) is 0 Å². The van der Waals surface area contributed by atoms with Gasteiger partial charge in [0.25, 0.3) is 0 Å². The van der Waals surface area contributed by atoms with Crippen LogP contribution in [0.2, 0.25) is 0 Å². The third-order valence-electron chi connectivity index (χ3n) is 4.79. The number of hydrogen-bond donors (Lipinski definition) is 0. The van der Waals surface area contributed by atoms with Crippen molar-refractivity contribution >= 4 is 11.0 Å². The Hall–Kier alpha value is -1.77. The Labute approximate surface area is 123 Å². The molecule has 4 rings (SSSR count). The van der Waals surface area contributed by atoms with Crippen molar-refractivity contribution < 1.29 is 9.15 Å². The second-order valence-corrected chi connectivity index (χ2v) is 6.87. The van der Waals surface area contributed by atoms with Crippen LogP contribution in [0, 0.1) is 0 Å². The van der Waals surface area contributed by atoms with Gasteiger partial charge in [0.1, 0.15) is 16.9 Å². The standard InChI is InChI=1S/C18H20O3/c1-18(2)8-7-11-9-14-12-5-3-4-6-13(12)17(19)20-16(14)10-15(11)21-18/h9-10H,3-8H2,1-2H3. The third-order valence-corrected chi connectivity index (χ3v) is 4.79. The van der Waals surface area contributed by atoms with Crippen LogP contribution < -0.4 is 10.4 Å². The van der Waals surface area contributed by atoms with Crippen LogP contribution in [0.25, 0.3) is 11.0 Å². The monoisotopic (exact) mass is 284 g/mol. The van der Waals surface area contributed by atoms with E-state index in [1.165, 1.54) is 11.1 Å². The summed E-state index contributed by atoms with van der Waals surface area (Å²) in [6.45, 7) is 4.20. The Bertz CT molecular complexity index is 783. The van der Waals surface area contributed by atoms with Crippen molar-refractivity contribution in [1.29, 1.82) is 0 Å². The van der Waals surface area contributed by atoms with Gasteiger partial charge in [0.05, 0.1) is 0 Å². The van der Waals surface area contributed by atoms with Crippen molar-refractivity contribution in [3.63, 3.8) is 0 Å². The van der Waals surface area contributed by atoms with Crippen LogP contribution in [0.1, 0.15) is 49.8 Å². The lowest BCUT2D eigenvalue weighted by Crippen LogP contribution is -2.32. The van der Waals surface area contributed by atoms with E-state index in [4.69, 9.17) is 9.15 Å². The van der Waals surface area contributed by atoms with Crippen molar-refractivity contribution in [2.24, 2.45) is 0 Å². The molecular weight excluding hydrogens is 264 g/mol. The summed E-state index contributed by atoms with van der Waals surface area (Å²) in [5.41, 5.74) is 3.72. The number of fused-ring (bicyclic) bond motifs is 4. The molecule has 0 N–H and O–H groups in total. The summed E-state index contributed by atoms with van der Waals surface area (Å²) in [6, 6.07) is 4.11. The highest BCUT2D eigenvalue weighted by Crippen LogP contribution is 2.37. The van der Waals surface area contributed by atoms with E-state index in [0.717, 1.165) is 55.2 Å². The molecule has 2 aromatic rings. The van der Waals surface area contributed by atoms with Gasteiger partial charge < -0.3 is 9.15 Å². The maximum atomic E-state index is 12.2. The molecule has 21 heavy (non-hydrogen) atoms. The number of benzene rings is 1. The van der Waals surface area contributed by atoms with E-state index in [1.54, 1.807) is 0 Å². The molecule has 0 amide bonds. The number of rotatable bonds is 0. The summed E-state index contributed by atoms with van der Waals surface area (Å²) < 4.78 is 11.6. The van der Waals surface area contributed by atoms with E-state index in [9.17, 15) is 4.79 Å². The first-order valence-electron chi connectivity index (χ1n) is 7.84. The van der Waals surface area contributed by atoms with Crippen LogP contribution >= 0.6 is 0 Å². The van der Waals surface area contributed by atoms with Gasteiger partial charge in [-0.2, -0.15) is 0 Å². The van der Waals surface area contributed by atoms with Gasteiger partial charge in [0.2, 0.25) is 0 Å². The van der Waals surface area contributed by atoms with Crippen LogP contribution in [0.5, 0.6) is 5.75 Å². The Morgan fingerprint density at radius 3 is 2.62 bits per heavy atom. The largest absolute Gasteiger partial charge is 0.487 e. The fourth-order valence-electron chi connectivity index (χ4n) is 3.59. The lowest BCUT2D eigenvalue weighted by Gasteiger charge is -2.32. The first-order chi connectivity index (χ1) is 10.0. The zero-order valence-electron chi connectivity index (χ0n) is 12.6. The molecule has 0 bridgehead atoms. The molecule has 1 aliphatic carbocycles. The highest BCUT2D eigenvalue weighted by Gasteiger charge is 2.28. The third kappa shape index (κ3) is 2.06. The molecular formula is C18H20O3. The molecule has 0 spiro atoms. The predicted molar refractivity (Wildman–Crippen MR) is 82.2 cm³/mol. The average molecular weight is 284 g/mol. The van der Waals surface area contributed by atoms with Gasteiger partial charge in [0, 0.05) is 17.0 Å². The fraction of sp³-hybridized carbons (Fsp3) is 0.500. The molecule has 1 aromatic carbocycles. The second-order valence-electron chi connectivity index (χ2n) is 6.87. The van der Waals surface area contributed by atoms with E-state index >= 15 is 0 Å². The van der Waals surface area contributed by atoms with Gasteiger partial charge in [-0.15, -0.1) is 0 Å². The highest BCUT2D eigenvalue weighted by molar-refractivity contribution is 5.84. The minimum atomic E-state index is -0.160. The van der Waals surface area contributed by atoms with Crippen LogP contribution in [-0.4, -0.2) is 5.60 Å². The summed E-state index contributed by atoms with van der Waals surface area (Å²) in [6.07, 6.45) is 6.13. The molecule has 0 saturated heterocycles. The minimum absolute atomic E-state index is 0.144. The first-order valence-corrected chi connectivity index (χ1v) is 7.84. The van der Waals surface area contributed by atoms with Crippen molar-refractivity contribution in [1.82, 2.24) is 0 Å². The molecule has 0 saturated carbocycles. The lowest BCUT2D eigenvalue weighted by atomic mass is 9.88. The fourth-order valence-corrected chi connectivity index (χ4v) is 3.59. The van der Waals surface area contributed by atoms with Crippen LogP contribution in [0.4, 0.5) is 0 Å². The normalized spacial score (nSPS) is 19.7. The van der Waals surface area contributed by atoms with Crippen LogP contribution in [0.15, 0.2) is 21.3 Å². The quantitative estimate of drug-likeness (QED) is 0.691. The molecule has 1 aliphatic heterocycles. The summed E-state index contributed by atoms with van der Waals surface area (Å²) >= 11 is 0. The van der Waals surface area contributed by atoms with Gasteiger partial charge >= 0.3 is 5.63 Å². The smallest absolute Gasteiger partial charge is 0.339 e. The topological polar surface area (TPSA) is 39.4 Å². The number of ether oxygens (including phenoxy) is 1. The molecule has 0 unspecified atom stereocenters. The molecule has 0 fully saturated rings. The summed E-state index contributed by atoms with van der Waals surface area (Å²) in [4.78, 5) is 12.2. The van der Waals surface area contributed by atoms with Crippen LogP contribution in [-0.2, 0) is 19.3 Å². The molecule has 110 valence electrons. The van der Waals surface area contributed by atoms with Gasteiger partial charge in [-0.1, -0.05) is 0 Å². The molecule has 3 nitrogen and oxygen atoms in total. The lowest BCUT2D eigenvalue weighted by molar-refractivity contribution is 0.0848. The van der Waals surface area contributed by atoms with E-state index in [-0.39, 0.29) is 11.2 Å². The Morgan fingerprint density at radius 1 is 1.05 bits per heavy atom. The van der Waals surface area contributed by atoms with E-state index in [2.05, 4.69) is 19.9 Å². The maximum Gasteiger partial charge on any atom is 0.339 e. The van der Waals surface area contributed by atoms with E-state index in [1.807, 2.05) is 6.07 Å². The molecule has 0 atom stereocenters. The summed E-state index contributed by atoms with van der Waals surface area (Å²) in [5.74, 6) is 0.873. The van der Waals surface area contributed by atoms with Gasteiger partial charge in [-0.05, 0) is 69.6 Å². The average Bonchev–Trinajstić information content (AvgIpc) is 2.45. The zero-order valence-corrected chi connectivity index (χ0v) is 12.6. The second kappa shape index (κ2) is 4.36. The van der Waals surface area contributed by atoms with Gasteiger partial charge in [0.15, 0.2) is 0 Å². The van der Waals surface area contributed by atoms with Crippen molar-refractivity contribution in [3.8, 4) is 5.75 Å². The van der Waals surface area contributed by atoms with Crippen LogP contribution in [0.3, 0.4) is 0 Å². The predicted octanol–water partition coefficient (Wildman–Crippen LogP) is 3.78. The summed E-state index contributed by atoms with van der Waals surface area (Å²) in [5, 5.41) is 1.12. The maximum absolute atomic E-state index is 12.2. The molecule has 2 heterocycles. The Morgan fingerprint density at radius 2 is 1.81 bits per heavy atom. The minimum Gasteiger partial charge on any atom is -0.487 e. The number of hydrogen-bond acceptors (Lipinski definition) is 3. The zero-order chi connectivity index (χ0) is 14.6. The molecule has 2 aliphatic rings. The van der Waals surface area contributed by atoms with Gasteiger partial charge in [-0.25, -0.2) is 4.79 Å². The number of aryl methyl sites for hydroxylation is 2.